The Morgan fingerprint density at radius 3 is 2.90 bits per heavy atom. The van der Waals surface area contributed by atoms with Gasteiger partial charge in [-0.3, -0.25) is 9.59 Å². The molecule has 0 saturated heterocycles. The van der Waals surface area contributed by atoms with Gasteiger partial charge >= 0.3 is 0 Å². The lowest BCUT2D eigenvalue weighted by Crippen LogP contribution is -2.24. The second-order valence-corrected chi connectivity index (χ2v) is 10.1. The third-order valence-electron chi connectivity index (χ3n) is 5.48. The van der Waals surface area contributed by atoms with Crippen LogP contribution in [0.2, 0.25) is 0 Å². The summed E-state index contributed by atoms with van der Waals surface area (Å²) in [5.41, 5.74) is 2.70. The number of benzene rings is 1. The fourth-order valence-corrected chi connectivity index (χ4v) is 5.94. The number of thioether (sulfide) groups is 1. The quantitative estimate of drug-likeness (QED) is 0.426. The molecular formula is C22H22N4O3S2. The number of rotatable bonds is 5. The first-order chi connectivity index (χ1) is 15.0. The van der Waals surface area contributed by atoms with E-state index in [4.69, 9.17) is 4.52 Å². The van der Waals surface area contributed by atoms with Crippen LogP contribution in [0.4, 0.5) is 5.69 Å². The largest absolute Gasteiger partial charge is 0.375 e. The van der Waals surface area contributed by atoms with Crippen LogP contribution in [0.5, 0.6) is 0 Å². The van der Waals surface area contributed by atoms with Gasteiger partial charge in [-0.1, -0.05) is 31.0 Å². The molecule has 7 nitrogen and oxygen atoms in total. The zero-order valence-electron chi connectivity index (χ0n) is 17.1. The maximum atomic E-state index is 12.5. The number of amides is 1. The van der Waals surface area contributed by atoms with E-state index in [1.807, 2.05) is 18.2 Å². The minimum absolute atomic E-state index is 0.125. The van der Waals surface area contributed by atoms with E-state index in [1.165, 1.54) is 17.1 Å². The minimum Gasteiger partial charge on any atom is -0.375 e. The summed E-state index contributed by atoms with van der Waals surface area (Å²) in [4.78, 5) is 33.9. The van der Waals surface area contributed by atoms with Crippen LogP contribution in [0.1, 0.15) is 43.6 Å². The Morgan fingerprint density at radius 2 is 2.06 bits per heavy atom. The van der Waals surface area contributed by atoms with E-state index < -0.39 is 0 Å². The molecule has 1 aromatic carbocycles. The number of nitrogens with one attached hydrogen (secondary N) is 1. The van der Waals surface area contributed by atoms with Crippen LogP contribution in [-0.4, -0.2) is 20.4 Å². The Labute approximate surface area is 186 Å². The van der Waals surface area contributed by atoms with Crippen LogP contribution in [0, 0.1) is 12.8 Å². The fraction of sp³-hybridized carbons (Fsp3) is 0.364. The number of fused-ring (bicyclic) bond motifs is 2. The molecule has 3 aromatic heterocycles. The first-order valence-electron chi connectivity index (χ1n) is 10.4. The maximum Gasteiger partial charge on any atom is 0.287 e. The highest BCUT2D eigenvalue weighted by Crippen LogP contribution is 2.33. The van der Waals surface area contributed by atoms with Crippen molar-refractivity contribution < 1.29 is 9.32 Å². The molecule has 1 aliphatic carbocycles. The first kappa shape index (κ1) is 20.3. The van der Waals surface area contributed by atoms with Gasteiger partial charge in [-0.25, -0.2) is 9.97 Å². The van der Waals surface area contributed by atoms with E-state index in [0.29, 0.717) is 22.9 Å². The van der Waals surface area contributed by atoms with Crippen molar-refractivity contribution >= 4 is 50.6 Å². The van der Waals surface area contributed by atoms with Gasteiger partial charge in [0.15, 0.2) is 9.99 Å². The Bertz CT molecular complexity index is 1320. The number of hydrogen-bond acceptors (Lipinski definition) is 7. The summed E-state index contributed by atoms with van der Waals surface area (Å²) in [7, 11) is 0. The van der Waals surface area contributed by atoms with E-state index >= 15 is 0 Å². The molecule has 9 heteroatoms. The highest BCUT2D eigenvalue weighted by Gasteiger charge is 2.21. The van der Waals surface area contributed by atoms with Crippen molar-refractivity contribution in [1.29, 1.82) is 0 Å². The van der Waals surface area contributed by atoms with Crippen LogP contribution in [0.15, 0.2) is 44.0 Å². The van der Waals surface area contributed by atoms with Crippen LogP contribution in [0.3, 0.4) is 0 Å². The minimum atomic E-state index is -0.226. The second-order valence-electron chi connectivity index (χ2n) is 7.86. The molecule has 0 radical (unpaired) electrons. The van der Waals surface area contributed by atoms with Crippen molar-refractivity contribution in [2.45, 2.75) is 49.1 Å². The van der Waals surface area contributed by atoms with Gasteiger partial charge in [0.25, 0.3) is 5.56 Å². The van der Waals surface area contributed by atoms with Crippen LogP contribution < -0.4 is 10.9 Å². The summed E-state index contributed by atoms with van der Waals surface area (Å²) in [5, 5.41) is 3.07. The molecule has 0 aliphatic heterocycles. The van der Waals surface area contributed by atoms with E-state index in [9.17, 15) is 9.59 Å². The topological polar surface area (TPSA) is 89.5 Å². The summed E-state index contributed by atoms with van der Waals surface area (Å²) < 4.78 is 8.45. The number of carbonyl (C=O) groups excluding carboxylic acids is 1. The van der Waals surface area contributed by atoms with Gasteiger partial charge < -0.3 is 9.84 Å². The predicted octanol–water partition coefficient (Wildman–Crippen LogP) is 5.02. The third-order valence-corrected chi connectivity index (χ3v) is 7.67. The monoisotopic (exact) mass is 454 g/mol. The van der Waals surface area contributed by atoms with Crippen LogP contribution in [-0.2, 0) is 10.5 Å². The Balaban J connectivity index is 1.29. The fourth-order valence-electron chi connectivity index (χ4n) is 3.94. The molecule has 5 rings (SSSR count). The molecular weight excluding hydrogens is 432 g/mol. The molecule has 0 spiro atoms. The molecule has 1 amide bonds. The van der Waals surface area contributed by atoms with Crippen molar-refractivity contribution in [3.8, 4) is 0 Å². The predicted molar refractivity (Wildman–Crippen MR) is 123 cm³/mol. The van der Waals surface area contributed by atoms with Crippen molar-refractivity contribution in [1.82, 2.24) is 14.5 Å². The maximum absolute atomic E-state index is 12.5. The van der Waals surface area contributed by atoms with E-state index in [0.717, 1.165) is 45.9 Å². The zero-order chi connectivity index (χ0) is 21.4. The Morgan fingerprint density at radius 1 is 1.23 bits per heavy atom. The Hall–Kier alpha value is -2.65. The normalized spacial score (nSPS) is 15.0. The van der Waals surface area contributed by atoms with Crippen molar-refractivity contribution in [3.63, 3.8) is 0 Å². The first-order valence-corrected chi connectivity index (χ1v) is 12.2. The molecule has 1 saturated carbocycles. The van der Waals surface area contributed by atoms with Gasteiger partial charge in [-0.2, -0.15) is 0 Å². The second kappa shape index (κ2) is 8.47. The molecule has 0 bridgehead atoms. The number of carbonyl (C=O) groups is 1. The van der Waals surface area contributed by atoms with Crippen LogP contribution >= 0.6 is 23.1 Å². The van der Waals surface area contributed by atoms with Gasteiger partial charge in [-0.05, 0) is 38.0 Å². The molecule has 160 valence electrons. The Kier molecular flexibility index (Phi) is 5.54. The summed E-state index contributed by atoms with van der Waals surface area (Å²) in [6, 6.07) is 9.08. The summed E-state index contributed by atoms with van der Waals surface area (Å²) in [6.45, 7) is 1.79. The molecule has 1 aliphatic rings. The van der Waals surface area contributed by atoms with E-state index in [-0.39, 0.29) is 17.4 Å². The van der Waals surface area contributed by atoms with Gasteiger partial charge in [0.2, 0.25) is 5.91 Å². The molecule has 31 heavy (non-hydrogen) atoms. The number of aryl methyl sites for hydroxylation is 1. The molecule has 1 fully saturated rings. The van der Waals surface area contributed by atoms with E-state index in [2.05, 4.69) is 15.3 Å². The lowest BCUT2D eigenvalue weighted by Gasteiger charge is -2.20. The summed E-state index contributed by atoms with van der Waals surface area (Å²) >= 11 is 3.12. The number of thiazole rings is 1. The van der Waals surface area contributed by atoms with Gasteiger partial charge in [0.05, 0.1) is 15.9 Å². The smallest absolute Gasteiger partial charge is 0.287 e. The molecule has 3 heterocycles. The lowest BCUT2D eigenvalue weighted by molar-refractivity contribution is -0.120. The standard InChI is InChI=1S/C22H22N4O3S2/c1-13-9-19-23-16(11-20(27)26(19)29-13)12-30-22-25-17-8-7-15(10-18(17)31-22)24-21(28)14-5-3-2-4-6-14/h7-11,14H,2-6,12H2,1H3,(H,24,28). The van der Waals surface area contributed by atoms with Gasteiger partial charge in [-0.15, -0.1) is 15.9 Å². The highest BCUT2D eigenvalue weighted by atomic mass is 32.2. The summed E-state index contributed by atoms with van der Waals surface area (Å²) in [5.74, 6) is 1.44. The highest BCUT2D eigenvalue weighted by molar-refractivity contribution is 8.00. The SMILES string of the molecule is Cc1cc2nc(CSc3nc4ccc(NC(=O)C5CCCCC5)cc4s3)cc(=O)n2o1. The van der Waals surface area contributed by atoms with Gasteiger partial charge in [0.1, 0.15) is 5.76 Å². The average molecular weight is 455 g/mol. The number of anilines is 1. The molecule has 1 N–H and O–H groups in total. The molecule has 4 aromatic rings. The third kappa shape index (κ3) is 4.38. The van der Waals surface area contributed by atoms with Crippen molar-refractivity contribution in [2.75, 3.05) is 5.32 Å². The number of hydrogen-bond donors (Lipinski definition) is 1. The average Bonchev–Trinajstić information content (AvgIpc) is 3.35. The molecule has 0 atom stereocenters. The van der Waals surface area contributed by atoms with Crippen LogP contribution in [0.25, 0.3) is 15.9 Å². The van der Waals surface area contributed by atoms with Gasteiger partial charge in [0, 0.05) is 29.5 Å². The van der Waals surface area contributed by atoms with Crippen molar-refractivity contribution in [3.05, 3.63) is 52.1 Å². The lowest BCUT2D eigenvalue weighted by atomic mass is 9.88. The number of aromatic nitrogens is 3. The summed E-state index contributed by atoms with van der Waals surface area (Å²) in [6.07, 6.45) is 5.48. The van der Waals surface area contributed by atoms with E-state index in [1.54, 1.807) is 36.1 Å². The van der Waals surface area contributed by atoms with Crippen molar-refractivity contribution in [2.24, 2.45) is 5.92 Å². The number of nitrogens with zero attached hydrogens (tertiary/aromatic N) is 3. The molecule has 0 unspecified atom stereocenters. The zero-order valence-corrected chi connectivity index (χ0v) is 18.7.